The van der Waals surface area contributed by atoms with Crippen molar-refractivity contribution >= 4 is 12.1 Å². The molecule has 0 aromatic carbocycles. The van der Waals surface area contributed by atoms with Gasteiger partial charge in [-0.15, -0.1) is 0 Å². The first-order chi connectivity index (χ1) is 10.0. The number of carbonyl (C=O) groups is 2. The maximum atomic E-state index is 11.6. The van der Waals surface area contributed by atoms with Crippen molar-refractivity contribution in [2.24, 2.45) is 11.8 Å². The summed E-state index contributed by atoms with van der Waals surface area (Å²) in [5, 5.41) is 12.1. The number of alkyl carbamates (subject to hydrolysis) is 1. The molecule has 0 spiro atoms. The monoisotopic (exact) mass is 298 g/mol. The second-order valence-corrected chi connectivity index (χ2v) is 6.22. The predicted molar refractivity (Wildman–Crippen MR) is 78.1 cm³/mol. The summed E-state index contributed by atoms with van der Waals surface area (Å²) in [6, 6.07) is 0.230. The molecular formula is C15H26N2O4. The molecule has 0 radical (unpaired) electrons. The van der Waals surface area contributed by atoms with Crippen molar-refractivity contribution in [1.29, 1.82) is 0 Å². The van der Waals surface area contributed by atoms with Crippen molar-refractivity contribution < 1.29 is 19.4 Å². The Kier molecular flexibility index (Phi) is 5.45. The first-order valence-electron chi connectivity index (χ1n) is 7.91. The number of carboxylic acid groups (broad SMARTS) is 1. The van der Waals surface area contributed by atoms with Crippen LogP contribution in [0.5, 0.6) is 0 Å². The molecule has 1 heterocycles. The second kappa shape index (κ2) is 7.11. The van der Waals surface area contributed by atoms with Gasteiger partial charge in [-0.05, 0) is 39.0 Å². The van der Waals surface area contributed by atoms with Gasteiger partial charge in [-0.1, -0.05) is 6.42 Å². The van der Waals surface area contributed by atoms with Crippen molar-refractivity contribution in [2.75, 3.05) is 19.7 Å². The molecule has 21 heavy (non-hydrogen) atoms. The van der Waals surface area contributed by atoms with E-state index in [1.807, 2.05) is 0 Å². The molecule has 3 unspecified atom stereocenters. The van der Waals surface area contributed by atoms with Crippen LogP contribution in [0.1, 0.15) is 39.5 Å². The minimum Gasteiger partial charge on any atom is -0.481 e. The van der Waals surface area contributed by atoms with Gasteiger partial charge in [0.2, 0.25) is 0 Å². The molecule has 2 fully saturated rings. The Hall–Kier alpha value is -1.30. The van der Waals surface area contributed by atoms with Gasteiger partial charge in [0.1, 0.15) is 0 Å². The number of aliphatic carboxylic acids is 1. The summed E-state index contributed by atoms with van der Waals surface area (Å²) < 4.78 is 4.90. The maximum absolute atomic E-state index is 11.6. The Balaban J connectivity index is 1.97. The zero-order valence-electron chi connectivity index (χ0n) is 12.9. The predicted octanol–water partition coefficient (Wildman–Crippen LogP) is 1.70. The van der Waals surface area contributed by atoms with Crippen molar-refractivity contribution in [1.82, 2.24) is 10.2 Å². The molecule has 0 aromatic heterocycles. The molecule has 1 amide bonds. The molecule has 6 heteroatoms. The Morgan fingerprint density at radius 2 is 2.10 bits per heavy atom. The summed E-state index contributed by atoms with van der Waals surface area (Å²) >= 11 is 0. The molecule has 0 bridgehead atoms. The van der Waals surface area contributed by atoms with Gasteiger partial charge in [0.15, 0.2) is 0 Å². The highest BCUT2D eigenvalue weighted by molar-refractivity contribution is 5.71. The minimum atomic E-state index is -0.781. The highest BCUT2D eigenvalue weighted by atomic mass is 16.5. The number of carboxylic acids is 1. The Labute approximate surface area is 125 Å². The van der Waals surface area contributed by atoms with Crippen LogP contribution in [0.25, 0.3) is 0 Å². The summed E-state index contributed by atoms with van der Waals surface area (Å²) in [5.41, 5.74) is 0. The number of rotatable bonds is 5. The lowest BCUT2D eigenvalue weighted by Crippen LogP contribution is -2.56. The third kappa shape index (κ3) is 4.09. The largest absolute Gasteiger partial charge is 0.481 e. The zero-order valence-corrected chi connectivity index (χ0v) is 12.9. The topological polar surface area (TPSA) is 78.9 Å². The first-order valence-corrected chi connectivity index (χ1v) is 7.91. The van der Waals surface area contributed by atoms with Crippen LogP contribution in [0.15, 0.2) is 0 Å². The molecule has 2 rings (SSSR count). The molecule has 1 aliphatic carbocycles. The van der Waals surface area contributed by atoms with Crippen LogP contribution in [0.3, 0.4) is 0 Å². The number of ether oxygens (including phenoxy) is 1. The molecule has 1 saturated heterocycles. The van der Waals surface area contributed by atoms with E-state index in [0.717, 1.165) is 0 Å². The average molecular weight is 298 g/mol. The normalized spacial score (nSPS) is 28.5. The Bertz CT molecular complexity index is 384. The lowest BCUT2D eigenvalue weighted by Gasteiger charge is -2.44. The minimum absolute atomic E-state index is 0.151. The summed E-state index contributed by atoms with van der Waals surface area (Å²) in [5.74, 6) is -0.537. The van der Waals surface area contributed by atoms with E-state index in [-0.39, 0.29) is 6.04 Å². The standard InChI is InChI=1S/C15H26N2O4/c1-3-21-15(20)16-13-7-12(14(18)19)8-17(9-13)10(2)11-5-4-6-11/h10-13H,3-9H2,1-2H3,(H,16,20)(H,18,19). The SMILES string of the molecule is CCOC(=O)NC1CC(C(=O)O)CN(C(C)C2CCC2)C1. The molecular weight excluding hydrogens is 272 g/mol. The average Bonchev–Trinajstić information content (AvgIpc) is 2.36. The van der Waals surface area contributed by atoms with Crippen LogP contribution in [-0.2, 0) is 9.53 Å². The summed E-state index contributed by atoms with van der Waals surface area (Å²) in [6.07, 6.45) is 3.75. The van der Waals surface area contributed by atoms with Crippen molar-refractivity contribution in [3.63, 3.8) is 0 Å². The van der Waals surface area contributed by atoms with Crippen LogP contribution in [0.2, 0.25) is 0 Å². The summed E-state index contributed by atoms with van der Waals surface area (Å²) in [4.78, 5) is 25.2. The third-order valence-electron chi connectivity index (χ3n) is 4.83. The smallest absolute Gasteiger partial charge is 0.407 e. The number of nitrogens with zero attached hydrogens (tertiary/aromatic N) is 1. The van der Waals surface area contributed by atoms with Crippen molar-refractivity contribution in [3.8, 4) is 0 Å². The number of hydrogen-bond acceptors (Lipinski definition) is 4. The lowest BCUT2D eigenvalue weighted by atomic mass is 9.78. The van der Waals surface area contributed by atoms with Gasteiger partial charge in [0.05, 0.1) is 12.5 Å². The number of hydrogen-bond donors (Lipinski definition) is 2. The molecule has 0 aromatic rings. The van der Waals surface area contributed by atoms with Gasteiger partial charge < -0.3 is 15.2 Å². The van der Waals surface area contributed by atoms with E-state index < -0.39 is 18.0 Å². The van der Waals surface area contributed by atoms with E-state index in [9.17, 15) is 14.7 Å². The molecule has 2 N–H and O–H groups in total. The first kappa shape index (κ1) is 16.1. The number of amides is 1. The van der Waals surface area contributed by atoms with Gasteiger partial charge in [-0.25, -0.2) is 4.79 Å². The fraction of sp³-hybridized carbons (Fsp3) is 0.867. The van der Waals surface area contributed by atoms with Gasteiger partial charge in [-0.3, -0.25) is 9.69 Å². The zero-order chi connectivity index (χ0) is 15.4. The molecule has 3 atom stereocenters. The highest BCUT2D eigenvalue weighted by Gasteiger charge is 2.37. The number of piperidine rings is 1. The van der Waals surface area contributed by atoms with E-state index in [1.165, 1.54) is 19.3 Å². The van der Waals surface area contributed by atoms with Gasteiger partial charge in [-0.2, -0.15) is 0 Å². The van der Waals surface area contributed by atoms with Crippen LogP contribution >= 0.6 is 0 Å². The second-order valence-electron chi connectivity index (χ2n) is 6.22. The fourth-order valence-electron chi connectivity index (χ4n) is 3.31. The summed E-state index contributed by atoms with van der Waals surface area (Å²) in [7, 11) is 0. The molecule has 2 aliphatic rings. The fourth-order valence-corrected chi connectivity index (χ4v) is 3.31. The number of nitrogens with one attached hydrogen (secondary N) is 1. The number of carbonyl (C=O) groups excluding carboxylic acids is 1. The van der Waals surface area contributed by atoms with E-state index in [2.05, 4.69) is 17.1 Å². The highest BCUT2D eigenvalue weighted by Crippen LogP contribution is 2.33. The van der Waals surface area contributed by atoms with Crippen LogP contribution in [0.4, 0.5) is 4.79 Å². The Morgan fingerprint density at radius 3 is 2.62 bits per heavy atom. The summed E-state index contributed by atoms with van der Waals surface area (Å²) in [6.45, 7) is 5.54. The van der Waals surface area contributed by atoms with Gasteiger partial charge >= 0.3 is 12.1 Å². The number of likely N-dealkylation sites (tertiary alicyclic amines) is 1. The van der Waals surface area contributed by atoms with Crippen LogP contribution in [-0.4, -0.2) is 53.8 Å². The van der Waals surface area contributed by atoms with E-state index in [1.54, 1.807) is 6.92 Å². The van der Waals surface area contributed by atoms with E-state index >= 15 is 0 Å². The third-order valence-corrected chi connectivity index (χ3v) is 4.83. The Morgan fingerprint density at radius 1 is 1.38 bits per heavy atom. The molecule has 1 aliphatic heterocycles. The molecule has 120 valence electrons. The van der Waals surface area contributed by atoms with Crippen molar-refractivity contribution in [2.45, 2.75) is 51.6 Å². The van der Waals surface area contributed by atoms with Crippen LogP contribution < -0.4 is 5.32 Å². The van der Waals surface area contributed by atoms with Gasteiger partial charge in [0.25, 0.3) is 0 Å². The van der Waals surface area contributed by atoms with Crippen LogP contribution in [0, 0.1) is 11.8 Å². The van der Waals surface area contributed by atoms with Crippen molar-refractivity contribution in [3.05, 3.63) is 0 Å². The molecule has 1 saturated carbocycles. The lowest BCUT2D eigenvalue weighted by molar-refractivity contribution is -0.144. The molecule has 6 nitrogen and oxygen atoms in total. The van der Waals surface area contributed by atoms with E-state index in [4.69, 9.17) is 4.74 Å². The van der Waals surface area contributed by atoms with E-state index in [0.29, 0.717) is 38.1 Å². The quantitative estimate of drug-likeness (QED) is 0.807. The maximum Gasteiger partial charge on any atom is 0.407 e. The van der Waals surface area contributed by atoms with Gasteiger partial charge in [0, 0.05) is 25.2 Å².